The SMILES string of the molecule is COc1ccc2c(c1)CCc1c(-c3ccc(C(=O)NCC4CCCO4)cc3)n[nH]c1-2. The van der Waals surface area contributed by atoms with Gasteiger partial charge in [-0.1, -0.05) is 12.1 Å². The standard InChI is InChI=1S/C24H25N3O3/c1-29-18-9-11-20-17(13-18)8-10-21-22(26-27-23(20)21)15-4-6-16(7-5-15)24(28)25-14-19-3-2-12-30-19/h4-7,9,11,13,19H,2-3,8,10,12,14H2,1H3,(H,25,28)(H,26,27). The molecular weight excluding hydrogens is 378 g/mol. The third-order valence-electron chi connectivity index (χ3n) is 6.03. The molecule has 2 aliphatic rings. The highest BCUT2D eigenvalue weighted by atomic mass is 16.5. The van der Waals surface area contributed by atoms with Crippen LogP contribution in [0, 0.1) is 0 Å². The van der Waals surface area contributed by atoms with E-state index in [1.807, 2.05) is 30.3 Å². The van der Waals surface area contributed by atoms with Crippen LogP contribution in [0.2, 0.25) is 0 Å². The number of aromatic amines is 1. The van der Waals surface area contributed by atoms with Crippen LogP contribution in [0.4, 0.5) is 0 Å². The van der Waals surface area contributed by atoms with Gasteiger partial charge >= 0.3 is 0 Å². The minimum Gasteiger partial charge on any atom is -0.497 e. The summed E-state index contributed by atoms with van der Waals surface area (Å²) in [4.78, 5) is 12.4. The van der Waals surface area contributed by atoms with E-state index in [0.29, 0.717) is 12.1 Å². The Morgan fingerprint density at radius 1 is 1.23 bits per heavy atom. The summed E-state index contributed by atoms with van der Waals surface area (Å²) in [6.07, 6.45) is 4.10. The van der Waals surface area contributed by atoms with Crippen LogP contribution in [-0.2, 0) is 17.6 Å². The van der Waals surface area contributed by atoms with Crippen LogP contribution in [-0.4, -0.2) is 42.5 Å². The first-order chi connectivity index (χ1) is 14.7. The zero-order valence-electron chi connectivity index (χ0n) is 17.0. The van der Waals surface area contributed by atoms with E-state index < -0.39 is 0 Å². The predicted octanol–water partition coefficient (Wildman–Crippen LogP) is 3.76. The van der Waals surface area contributed by atoms with Crippen molar-refractivity contribution in [2.24, 2.45) is 0 Å². The molecule has 1 amide bonds. The Morgan fingerprint density at radius 2 is 2.10 bits per heavy atom. The van der Waals surface area contributed by atoms with E-state index in [9.17, 15) is 4.79 Å². The number of aryl methyl sites for hydroxylation is 1. The normalized spacial score (nSPS) is 17.3. The second-order valence-electron chi connectivity index (χ2n) is 7.87. The molecule has 1 aromatic heterocycles. The number of fused-ring (bicyclic) bond motifs is 3. The summed E-state index contributed by atoms with van der Waals surface area (Å²) in [5.41, 5.74) is 7.38. The number of nitrogens with one attached hydrogen (secondary N) is 2. The topological polar surface area (TPSA) is 76.2 Å². The van der Waals surface area contributed by atoms with Crippen LogP contribution < -0.4 is 10.1 Å². The number of benzene rings is 2. The largest absolute Gasteiger partial charge is 0.497 e. The maximum Gasteiger partial charge on any atom is 0.251 e. The first-order valence-electron chi connectivity index (χ1n) is 10.5. The van der Waals surface area contributed by atoms with Gasteiger partial charge in [-0.3, -0.25) is 9.89 Å². The molecule has 1 saturated heterocycles. The quantitative estimate of drug-likeness (QED) is 0.680. The van der Waals surface area contributed by atoms with Gasteiger partial charge in [-0.15, -0.1) is 0 Å². The van der Waals surface area contributed by atoms with Crippen molar-refractivity contribution >= 4 is 5.91 Å². The number of carbonyl (C=O) groups excluding carboxylic acids is 1. The summed E-state index contributed by atoms with van der Waals surface area (Å²) in [5.74, 6) is 0.814. The average molecular weight is 403 g/mol. The predicted molar refractivity (Wildman–Crippen MR) is 115 cm³/mol. The lowest BCUT2D eigenvalue weighted by Crippen LogP contribution is -2.31. The molecule has 2 aromatic carbocycles. The van der Waals surface area contributed by atoms with Crippen LogP contribution in [0.5, 0.6) is 5.75 Å². The van der Waals surface area contributed by atoms with E-state index in [-0.39, 0.29) is 12.0 Å². The van der Waals surface area contributed by atoms with Gasteiger partial charge < -0.3 is 14.8 Å². The molecule has 2 N–H and O–H groups in total. The molecule has 0 spiro atoms. The van der Waals surface area contributed by atoms with E-state index in [2.05, 4.69) is 27.6 Å². The minimum atomic E-state index is -0.0658. The second-order valence-corrected chi connectivity index (χ2v) is 7.87. The molecule has 0 radical (unpaired) electrons. The van der Waals surface area contributed by atoms with E-state index in [4.69, 9.17) is 9.47 Å². The number of carbonyl (C=O) groups is 1. The Hall–Kier alpha value is -3.12. The third kappa shape index (κ3) is 3.48. The lowest BCUT2D eigenvalue weighted by molar-refractivity contribution is 0.0858. The molecule has 1 aliphatic heterocycles. The summed E-state index contributed by atoms with van der Waals surface area (Å²) < 4.78 is 10.9. The molecule has 154 valence electrons. The van der Waals surface area contributed by atoms with Gasteiger partial charge in [0.15, 0.2) is 0 Å². The molecule has 30 heavy (non-hydrogen) atoms. The summed E-state index contributed by atoms with van der Waals surface area (Å²) in [7, 11) is 1.69. The third-order valence-corrected chi connectivity index (χ3v) is 6.03. The summed E-state index contributed by atoms with van der Waals surface area (Å²) in [6, 6.07) is 13.9. The number of nitrogens with zero attached hydrogens (tertiary/aromatic N) is 1. The number of ether oxygens (including phenoxy) is 2. The Labute approximate surface area is 175 Å². The van der Waals surface area contributed by atoms with Crippen molar-refractivity contribution in [2.75, 3.05) is 20.3 Å². The molecule has 1 fully saturated rings. The Kier molecular flexibility index (Phi) is 5.01. The van der Waals surface area contributed by atoms with Crippen LogP contribution in [0.15, 0.2) is 42.5 Å². The zero-order chi connectivity index (χ0) is 20.5. The van der Waals surface area contributed by atoms with Gasteiger partial charge in [-0.2, -0.15) is 5.10 Å². The summed E-state index contributed by atoms with van der Waals surface area (Å²) >= 11 is 0. The van der Waals surface area contributed by atoms with E-state index in [0.717, 1.165) is 55.0 Å². The summed E-state index contributed by atoms with van der Waals surface area (Å²) in [5, 5.41) is 10.8. The van der Waals surface area contributed by atoms with Gasteiger partial charge in [0.2, 0.25) is 0 Å². The number of hydrogen-bond acceptors (Lipinski definition) is 4. The Morgan fingerprint density at radius 3 is 2.87 bits per heavy atom. The van der Waals surface area contributed by atoms with E-state index >= 15 is 0 Å². The zero-order valence-corrected chi connectivity index (χ0v) is 17.0. The number of methoxy groups -OCH3 is 1. The molecule has 1 unspecified atom stereocenters. The molecule has 1 atom stereocenters. The van der Waals surface area contributed by atoms with Crippen LogP contribution in [0.1, 0.15) is 34.3 Å². The van der Waals surface area contributed by atoms with Gasteiger partial charge in [-0.25, -0.2) is 0 Å². The maximum atomic E-state index is 12.4. The number of rotatable bonds is 5. The van der Waals surface area contributed by atoms with Crippen molar-refractivity contribution in [3.05, 3.63) is 59.2 Å². The van der Waals surface area contributed by atoms with Gasteiger partial charge in [-0.05, 0) is 61.6 Å². The van der Waals surface area contributed by atoms with E-state index in [1.54, 1.807) is 7.11 Å². The number of amides is 1. The van der Waals surface area contributed by atoms with Crippen molar-refractivity contribution in [1.82, 2.24) is 15.5 Å². The fourth-order valence-electron chi connectivity index (χ4n) is 4.37. The Bertz CT molecular complexity index is 1070. The van der Waals surface area contributed by atoms with Gasteiger partial charge in [0, 0.05) is 35.4 Å². The average Bonchev–Trinajstić information content (AvgIpc) is 3.47. The molecule has 3 aromatic rings. The highest BCUT2D eigenvalue weighted by Gasteiger charge is 2.23. The lowest BCUT2D eigenvalue weighted by Gasteiger charge is -2.17. The fraction of sp³-hybridized carbons (Fsp3) is 0.333. The smallest absolute Gasteiger partial charge is 0.251 e. The van der Waals surface area contributed by atoms with Crippen LogP contribution in [0.3, 0.4) is 0 Å². The van der Waals surface area contributed by atoms with Gasteiger partial charge in [0.25, 0.3) is 5.91 Å². The highest BCUT2D eigenvalue weighted by Crippen LogP contribution is 2.38. The molecule has 0 saturated carbocycles. The molecule has 5 rings (SSSR count). The van der Waals surface area contributed by atoms with Crippen molar-refractivity contribution in [3.8, 4) is 28.3 Å². The van der Waals surface area contributed by atoms with Crippen LogP contribution >= 0.6 is 0 Å². The fourth-order valence-corrected chi connectivity index (χ4v) is 4.37. The number of hydrogen-bond donors (Lipinski definition) is 2. The number of aromatic nitrogens is 2. The maximum absolute atomic E-state index is 12.4. The molecule has 6 nitrogen and oxygen atoms in total. The molecule has 2 heterocycles. The van der Waals surface area contributed by atoms with Crippen molar-refractivity contribution in [3.63, 3.8) is 0 Å². The molecule has 0 bridgehead atoms. The Balaban J connectivity index is 1.34. The van der Waals surface area contributed by atoms with Crippen molar-refractivity contribution < 1.29 is 14.3 Å². The van der Waals surface area contributed by atoms with Crippen molar-refractivity contribution in [1.29, 1.82) is 0 Å². The highest BCUT2D eigenvalue weighted by molar-refractivity contribution is 5.94. The van der Waals surface area contributed by atoms with Crippen LogP contribution in [0.25, 0.3) is 22.5 Å². The number of H-pyrrole nitrogens is 1. The first kappa shape index (κ1) is 18.9. The molecule has 6 heteroatoms. The van der Waals surface area contributed by atoms with Crippen molar-refractivity contribution in [2.45, 2.75) is 31.8 Å². The van der Waals surface area contributed by atoms with Gasteiger partial charge in [0.05, 0.1) is 24.6 Å². The molecular formula is C24H25N3O3. The minimum absolute atomic E-state index is 0.0658. The second kappa shape index (κ2) is 7.95. The molecule has 1 aliphatic carbocycles. The first-order valence-corrected chi connectivity index (χ1v) is 10.5. The van der Waals surface area contributed by atoms with E-state index in [1.165, 1.54) is 16.7 Å². The van der Waals surface area contributed by atoms with Gasteiger partial charge in [0.1, 0.15) is 5.75 Å². The lowest BCUT2D eigenvalue weighted by atomic mass is 9.87. The monoisotopic (exact) mass is 403 g/mol. The summed E-state index contributed by atoms with van der Waals surface area (Å²) in [6.45, 7) is 1.36.